The van der Waals surface area contributed by atoms with Gasteiger partial charge >= 0.3 is 5.69 Å². The summed E-state index contributed by atoms with van der Waals surface area (Å²) in [5, 5.41) is 0.158. The molecule has 0 bridgehead atoms. The van der Waals surface area contributed by atoms with E-state index in [1.54, 1.807) is 24.4 Å². The second-order valence-electron chi connectivity index (χ2n) is 5.53. The van der Waals surface area contributed by atoms with Gasteiger partial charge in [-0.25, -0.2) is 17.9 Å². The van der Waals surface area contributed by atoms with Gasteiger partial charge in [-0.1, -0.05) is 6.07 Å². The highest BCUT2D eigenvalue weighted by Gasteiger charge is 2.17. The van der Waals surface area contributed by atoms with E-state index in [9.17, 15) is 18.0 Å². The fourth-order valence-electron chi connectivity index (χ4n) is 2.50. The summed E-state index contributed by atoms with van der Waals surface area (Å²) < 4.78 is 29.7. The van der Waals surface area contributed by atoms with E-state index in [1.165, 1.54) is 36.9 Å². The van der Waals surface area contributed by atoms with Gasteiger partial charge in [0.1, 0.15) is 0 Å². The Morgan fingerprint density at radius 3 is 2.52 bits per heavy atom. The summed E-state index contributed by atoms with van der Waals surface area (Å²) in [6.45, 7) is 0.0342. The predicted octanol–water partition coefficient (Wildman–Crippen LogP) is 0.111. The molecule has 0 radical (unpaired) electrons. The Balaban J connectivity index is 2.04. The number of pyridine rings is 1. The van der Waals surface area contributed by atoms with Crippen LogP contribution >= 0.6 is 0 Å². The highest BCUT2D eigenvalue weighted by molar-refractivity contribution is 7.89. The Labute approximate surface area is 143 Å². The van der Waals surface area contributed by atoms with E-state index < -0.39 is 21.3 Å². The predicted molar refractivity (Wildman–Crippen MR) is 92.7 cm³/mol. The van der Waals surface area contributed by atoms with Crippen LogP contribution in [0.5, 0.6) is 0 Å². The maximum Gasteiger partial charge on any atom is 0.330 e. The zero-order valence-electron chi connectivity index (χ0n) is 13.6. The van der Waals surface area contributed by atoms with Crippen LogP contribution < -0.4 is 16.0 Å². The van der Waals surface area contributed by atoms with Crippen molar-refractivity contribution in [2.75, 3.05) is 0 Å². The maximum atomic E-state index is 12.5. The van der Waals surface area contributed by atoms with Gasteiger partial charge in [-0.15, -0.1) is 0 Å². The molecule has 1 aromatic carbocycles. The molecule has 1 N–H and O–H groups in total. The van der Waals surface area contributed by atoms with Crippen LogP contribution in [-0.4, -0.2) is 22.5 Å². The Kier molecular flexibility index (Phi) is 4.27. The van der Waals surface area contributed by atoms with E-state index in [4.69, 9.17) is 0 Å². The highest BCUT2D eigenvalue weighted by Crippen LogP contribution is 2.15. The lowest BCUT2D eigenvalue weighted by Gasteiger charge is -2.10. The Morgan fingerprint density at radius 1 is 1.08 bits per heavy atom. The van der Waals surface area contributed by atoms with E-state index in [0.717, 1.165) is 4.57 Å². The second kappa shape index (κ2) is 6.26. The molecular weight excluding hydrogens is 344 g/mol. The van der Waals surface area contributed by atoms with E-state index in [2.05, 4.69) is 9.71 Å². The number of rotatable bonds is 4. The van der Waals surface area contributed by atoms with Crippen LogP contribution in [-0.2, 0) is 30.7 Å². The number of benzene rings is 1. The van der Waals surface area contributed by atoms with E-state index >= 15 is 0 Å². The number of hydrogen-bond donors (Lipinski definition) is 1. The van der Waals surface area contributed by atoms with Crippen LogP contribution in [0.15, 0.2) is 57.1 Å². The first-order chi connectivity index (χ1) is 11.8. The number of hydrogen-bond acceptors (Lipinski definition) is 5. The van der Waals surface area contributed by atoms with E-state index in [0.29, 0.717) is 11.2 Å². The van der Waals surface area contributed by atoms with Crippen LogP contribution in [0.1, 0.15) is 5.69 Å². The molecule has 0 unspecified atom stereocenters. The molecule has 0 fully saturated rings. The molecule has 0 aliphatic heterocycles. The van der Waals surface area contributed by atoms with Gasteiger partial charge < -0.3 is 0 Å². The fraction of sp³-hybridized carbons (Fsp3) is 0.188. The average Bonchev–Trinajstić information content (AvgIpc) is 2.63. The summed E-state index contributed by atoms with van der Waals surface area (Å²) in [5.41, 5.74) is -0.0665. The quantitative estimate of drug-likeness (QED) is 0.711. The standard InChI is InChI=1S/C16H16N4O4S/c1-19-14-7-6-12(9-13(14)15(21)20(2)16(19)22)25(23,24)18-10-11-5-3-4-8-17-11/h3-9,18H,10H2,1-2H3. The van der Waals surface area contributed by atoms with Gasteiger partial charge in [-0.3, -0.25) is 18.9 Å². The highest BCUT2D eigenvalue weighted by atomic mass is 32.2. The minimum Gasteiger partial charge on any atom is -0.296 e. The van der Waals surface area contributed by atoms with Crippen molar-refractivity contribution in [3.8, 4) is 0 Å². The lowest BCUT2D eigenvalue weighted by Crippen LogP contribution is -2.37. The first kappa shape index (κ1) is 17.1. The first-order valence-corrected chi connectivity index (χ1v) is 8.89. The van der Waals surface area contributed by atoms with Gasteiger partial charge in [-0.2, -0.15) is 0 Å². The number of sulfonamides is 1. The molecular formula is C16H16N4O4S. The normalized spacial score (nSPS) is 11.8. The monoisotopic (exact) mass is 360 g/mol. The van der Waals surface area contributed by atoms with Crippen LogP contribution in [0.25, 0.3) is 10.9 Å². The van der Waals surface area contributed by atoms with Gasteiger partial charge in [-0.05, 0) is 30.3 Å². The molecule has 0 spiro atoms. The van der Waals surface area contributed by atoms with Crippen molar-refractivity contribution in [1.29, 1.82) is 0 Å². The Bertz CT molecular complexity index is 1160. The number of aromatic nitrogens is 3. The molecule has 2 heterocycles. The van der Waals surface area contributed by atoms with Gasteiger partial charge in [0, 0.05) is 20.3 Å². The number of aryl methyl sites for hydroxylation is 1. The molecule has 130 valence electrons. The molecule has 9 heteroatoms. The molecule has 25 heavy (non-hydrogen) atoms. The second-order valence-corrected chi connectivity index (χ2v) is 7.30. The minimum atomic E-state index is -3.83. The topological polar surface area (TPSA) is 103 Å². The van der Waals surface area contributed by atoms with Crippen molar-refractivity contribution >= 4 is 20.9 Å². The summed E-state index contributed by atoms with van der Waals surface area (Å²) in [6.07, 6.45) is 1.57. The summed E-state index contributed by atoms with van der Waals surface area (Å²) in [5.74, 6) is 0. The first-order valence-electron chi connectivity index (χ1n) is 7.40. The molecule has 3 aromatic rings. The van der Waals surface area contributed by atoms with Crippen LogP contribution in [0.2, 0.25) is 0 Å². The third kappa shape index (κ3) is 3.11. The molecule has 0 aliphatic carbocycles. The Hall–Kier alpha value is -2.78. The van der Waals surface area contributed by atoms with Crippen molar-refractivity contribution < 1.29 is 8.42 Å². The van der Waals surface area contributed by atoms with Crippen molar-refractivity contribution in [1.82, 2.24) is 18.8 Å². The van der Waals surface area contributed by atoms with Crippen LogP contribution in [0, 0.1) is 0 Å². The third-order valence-corrected chi connectivity index (χ3v) is 5.32. The van der Waals surface area contributed by atoms with Gasteiger partial charge in [0.2, 0.25) is 10.0 Å². The van der Waals surface area contributed by atoms with Crippen molar-refractivity contribution in [3.05, 3.63) is 69.1 Å². The molecule has 0 amide bonds. The zero-order chi connectivity index (χ0) is 18.2. The van der Waals surface area contributed by atoms with E-state index in [-0.39, 0.29) is 16.8 Å². The summed E-state index contributed by atoms with van der Waals surface area (Å²) in [6, 6.07) is 9.29. The molecule has 0 saturated heterocycles. The summed E-state index contributed by atoms with van der Waals surface area (Å²) >= 11 is 0. The molecule has 0 aliphatic rings. The smallest absolute Gasteiger partial charge is 0.296 e. The average molecular weight is 360 g/mol. The lowest BCUT2D eigenvalue weighted by molar-refractivity contribution is 0.580. The molecule has 3 rings (SSSR count). The lowest BCUT2D eigenvalue weighted by atomic mass is 10.2. The zero-order valence-corrected chi connectivity index (χ0v) is 14.4. The van der Waals surface area contributed by atoms with E-state index in [1.807, 2.05) is 0 Å². The summed E-state index contributed by atoms with van der Waals surface area (Å²) in [7, 11) is -0.951. The Morgan fingerprint density at radius 2 is 1.84 bits per heavy atom. The van der Waals surface area contributed by atoms with Crippen molar-refractivity contribution in [2.45, 2.75) is 11.4 Å². The molecule has 8 nitrogen and oxygen atoms in total. The van der Waals surface area contributed by atoms with Gasteiger partial charge in [0.05, 0.1) is 28.0 Å². The summed E-state index contributed by atoms with van der Waals surface area (Å²) in [4.78, 5) is 28.2. The van der Waals surface area contributed by atoms with Crippen LogP contribution in [0.3, 0.4) is 0 Å². The van der Waals surface area contributed by atoms with Gasteiger partial charge in [0.25, 0.3) is 5.56 Å². The minimum absolute atomic E-state index is 0.0342. The molecule has 2 aromatic heterocycles. The van der Waals surface area contributed by atoms with Crippen molar-refractivity contribution in [2.24, 2.45) is 14.1 Å². The molecule has 0 atom stereocenters. The maximum absolute atomic E-state index is 12.5. The third-order valence-electron chi connectivity index (χ3n) is 3.92. The SMILES string of the molecule is Cn1c(=O)c2cc(S(=O)(=O)NCc3ccccn3)ccc2n(C)c1=O. The van der Waals surface area contributed by atoms with Crippen molar-refractivity contribution in [3.63, 3.8) is 0 Å². The largest absolute Gasteiger partial charge is 0.330 e. The van der Waals surface area contributed by atoms with Crippen LogP contribution in [0.4, 0.5) is 0 Å². The number of fused-ring (bicyclic) bond motifs is 1. The number of nitrogens with zero attached hydrogens (tertiary/aromatic N) is 3. The van der Waals surface area contributed by atoms with Gasteiger partial charge in [0.15, 0.2) is 0 Å². The fourth-order valence-corrected chi connectivity index (χ4v) is 3.52. The molecule has 0 saturated carbocycles. The number of nitrogens with one attached hydrogen (secondary N) is 1.